The Balaban J connectivity index is 1.18. The van der Waals surface area contributed by atoms with E-state index in [2.05, 4.69) is 205 Å². The largest absolute Gasteiger partial charge is 0.457 e. The number of furan rings is 1. The Labute approximate surface area is 334 Å². The molecule has 8 aromatic carbocycles. The maximum absolute atomic E-state index is 7.10. The van der Waals surface area contributed by atoms with Crippen molar-refractivity contribution in [1.29, 1.82) is 0 Å². The van der Waals surface area contributed by atoms with Crippen LogP contribution in [0.5, 0.6) is 11.5 Å². The van der Waals surface area contributed by atoms with Gasteiger partial charge in [-0.2, -0.15) is 0 Å². The van der Waals surface area contributed by atoms with Gasteiger partial charge in [-0.3, -0.25) is 4.90 Å². The van der Waals surface area contributed by atoms with Crippen molar-refractivity contribution < 1.29 is 9.15 Å². The van der Waals surface area contributed by atoms with E-state index in [4.69, 9.17) is 9.15 Å². The molecule has 0 bridgehead atoms. The molecule has 0 atom stereocenters. The van der Waals surface area contributed by atoms with Crippen LogP contribution in [0, 0.1) is 0 Å². The van der Waals surface area contributed by atoms with Crippen LogP contribution in [-0.2, 0) is 5.41 Å². The van der Waals surface area contributed by atoms with Gasteiger partial charge in [-0.1, -0.05) is 152 Å². The van der Waals surface area contributed by atoms with Crippen molar-refractivity contribution in [2.75, 3.05) is 4.90 Å². The van der Waals surface area contributed by atoms with Crippen LogP contribution in [0.2, 0.25) is 0 Å². The normalized spacial score (nSPS) is 13.2. The zero-order chi connectivity index (χ0) is 37.5. The van der Waals surface area contributed by atoms with Crippen molar-refractivity contribution in [2.24, 2.45) is 0 Å². The Bertz CT molecular complexity index is 3130. The molecule has 0 saturated carbocycles. The number of thiophene rings is 1. The smallest absolute Gasteiger partial charge is 0.213 e. The molecule has 1 aliphatic heterocycles. The first kappa shape index (κ1) is 32.1. The summed E-state index contributed by atoms with van der Waals surface area (Å²) in [5.74, 6) is 2.53. The number of para-hydroxylation sites is 3. The average molecular weight is 748 g/mol. The molecule has 268 valence electrons. The van der Waals surface area contributed by atoms with Crippen molar-refractivity contribution in [1.82, 2.24) is 0 Å². The van der Waals surface area contributed by atoms with Gasteiger partial charge in [0.25, 0.3) is 0 Å². The number of rotatable bonds is 5. The fourth-order valence-corrected chi connectivity index (χ4v) is 10.5. The Kier molecular flexibility index (Phi) is 7.01. The highest BCUT2D eigenvalue weighted by Gasteiger charge is 2.51. The van der Waals surface area contributed by atoms with E-state index in [-0.39, 0.29) is 0 Å². The highest BCUT2D eigenvalue weighted by atomic mass is 32.1. The van der Waals surface area contributed by atoms with Crippen LogP contribution in [0.1, 0.15) is 22.3 Å². The van der Waals surface area contributed by atoms with Gasteiger partial charge in [-0.05, 0) is 81.9 Å². The SMILES string of the molecule is c1ccc(-c2cc3c(N(c4ccc5c(c4)C4(c6ccccc6Oc6ccccc64)c4ccccc4-5)c4oc5ccccc5c4-c4ccccc4)cccc3s2)cc1. The quantitative estimate of drug-likeness (QED) is 0.175. The Hall–Kier alpha value is -7.14. The third kappa shape index (κ3) is 4.65. The summed E-state index contributed by atoms with van der Waals surface area (Å²) < 4.78 is 15.0. The van der Waals surface area contributed by atoms with Crippen LogP contribution >= 0.6 is 11.3 Å². The summed E-state index contributed by atoms with van der Waals surface area (Å²) in [7, 11) is 0. The van der Waals surface area contributed by atoms with Gasteiger partial charge in [0, 0.05) is 37.2 Å². The topological polar surface area (TPSA) is 25.6 Å². The lowest BCUT2D eigenvalue weighted by atomic mass is 9.66. The van der Waals surface area contributed by atoms with E-state index in [1.807, 2.05) is 11.3 Å². The predicted molar refractivity (Wildman–Crippen MR) is 235 cm³/mol. The molecule has 1 spiro atoms. The fourth-order valence-electron chi connectivity index (χ4n) is 9.41. The third-order valence-electron chi connectivity index (χ3n) is 11.8. The van der Waals surface area contributed by atoms with Crippen LogP contribution in [0.15, 0.2) is 205 Å². The van der Waals surface area contributed by atoms with Gasteiger partial charge in [0.15, 0.2) is 0 Å². The third-order valence-corrected chi connectivity index (χ3v) is 12.9. The second-order valence-corrected chi connectivity index (χ2v) is 15.8. The van der Waals surface area contributed by atoms with E-state index in [1.165, 1.54) is 42.8 Å². The Morgan fingerprint density at radius 2 is 1.09 bits per heavy atom. The first-order valence-electron chi connectivity index (χ1n) is 19.3. The van der Waals surface area contributed by atoms with Crippen LogP contribution in [0.3, 0.4) is 0 Å². The minimum atomic E-state index is -0.607. The predicted octanol–water partition coefficient (Wildman–Crippen LogP) is 14.9. The Morgan fingerprint density at radius 3 is 1.86 bits per heavy atom. The summed E-state index contributed by atoms with van der Waals surface area (Å²) in [6, 6.07) is 71.7. The second kappa shape index (κ2) is 12.4. The van der Waals surface area contributed by atoms with E-state index >= 15 is 0 Å². The zero-order valence-electron chi connectivity index (χ0n) is 30.7. The molecule has 0 N–H and O–H groups in total. The summed E-state index contributed by atoms with van der Waals surface area (Å²) in [6.45, 7) is 0. The minimum absolute atomic E-state index is 0.607. The molecule has 2 aromatic heterocycles. The van der Waals surface area contributed by atoms with E-state index in [9.17, 15) is 0 Å². The molecular weight excluding hydrogens is 715 g/mol. The number of ether oxygens (including phenoxy) is 1. The van der Waals surface area contributed by atoms with Crippen molar-refractivity contribution in [3.05, 3.63) is 222 Å². The average Bonchev–Trinajstić information content (AvgIpc) is 3.97. The number of benzene rings is 8. The van der Waals surface area contributed by atoms with Crippen LogP contribution in [0.25, 0.3) is 53.7 Å². The molecule has 0 amide bonds. The second-order valence-electron chi connectivity index (χ2n) is 14.8. The molecule has 0 radical (unpaired) electrons. The number of hydrogen-bond acceptors (Lipinski definition) is 4. The molecule has 10 aromatic rings. The number of fused-ring (bicyclic) bond motifs is 11. The molecule has 3 heterocycles. The van der Waals surface area contributed by atoms with Crippen molar-refractivity contribution >= 4 is 49.7 Å². The van der Waals surface area contributed by atoms with E-state index in [1.54, 1.807) is 0 Å². The molecule has 57 heavy (non-hydrogen) atoms. The first-order chi connectivity index (χ1) is 28.3. The highest BCUT2D eigenvalue weighted by molar-refractivity contribution is 7.22. The van der Waals surface area contributed by atoms with Gasteiger partial charge in [0.2, 0.25) is 5.88 Å². The molecule has 1 aliphatic carbocycles. The molecule has 0 fully saturated rings. The molecule has 0 saturated heterocycles. The van der Waals surface area contributed by atoms with Gasteiger partial charge in [-0.25, -0.2) is 0 Å². The number of nitrogens with zero attached hydrogens (tertiary/aromatic N) is 1. The van der Waals surface area contributed by atoms with Crippen LogP contribution < -0.4 is 9.64 Å². The fraction of sp³-hybridized carbons (Fsp3) is 0.0189. The maximum atomic E-state index is 7.10. The van der Waals surface area contributed by atoms with E-state index < -0.39 is 5.41 Å². The van der Waals surface area contributed by atoms with Gasteiger partial charge in [-0.15, -0.1) is 11.3 Å². The summed E-state index contributed by atoms with van der Waals surface area (Å²) in [6.07, 6.45) is 0. The zero-order valence-corrected chi connectivity index (χ0v) is 31.5. The van der Waals surface area contributed by atoms with Crippen molar-refractivity contribution in [3.63, 3.8) is 0 Å². The minimum Gasteiger partial charge on any atom is -0.457 e. The van der Waals surface area contributed by atoms with Gasteiger partial charge in [0.1, 0.15) is 17.1 Å². The molecule has 2 aliphatic rings. The number of hydrogen-bond donors (Lipinski definition) is 0. The standard InChI is InChI=1S/C53H33NO2S/c1-3-16-34(17-4-1)50-33-40-45(25-15-29-49(40)57-50)54(52-51(35-18-5-2-6-19-35)39-21-8-12-26-46(39)56-52)36-30-31-38-37-20-7-9-22-41(37)53(44(38)32-36)42-23-10-13-27-47(42)55-48-28-14-11-24-43(48)53/h1-33H. The molecular formula is C53H33NO2S. The molecule has 3 nitrogen and oxygen atoms in total. The van der Waals surface area contributed by atoms with Crippen molar-refractivity contribution in [3.8, 4) is 44.2 Å². The van der Waals surface area contributed by atoms with E-state index in [0.29, 0.717) is 0 Å². The van der Waals surface area contributed by atoms with E-state index in [0.717, 1.165) is 62.0 Å². The van der Waals surface area contributed by atoms with Gasteiger partial charge in [0.05, 0.1) is 16.7 Å². The summed E-state index contributed by atoms with van der Waals surface area (Å²) in [4.78, 5) is 3.59. The lowest BCUT2D eigenvalue weighted by molar-refractivity contribution is 0.436. The summed E-state index contributed by atoms with van der Waals surface area (Å²) in [5, 5.41) is 2.24. The van der Waals surface area contributed by atoms with Gasteiger partial charge >= 0.3 is 0 Å². The number of anilines is 3. The Morgan fingerprint density at radius 1 is 0.456 bits per heavy atom. The first-order valence-corrected chi connectivity index (χ1v) is 20.2. The molecule has 0 unspecified atom stereocenters. The maximum Gasteiger partial charge on any atom is 0.213 e. The molecule has 4 heteroatoms. The summed E-state index contributed by atoms with van der Waals surface area (Å²) >= 11 is 1.82. The summed E-state index contributed by atoms with van der Waals surface area (Å²) in [5.41, 5.74) is 12.9. The van der Waals surface area contributed by atoms with Crippen LogP contribution in [-0.4, -0.2) is 0 Å². The van der Waals surface area contributed by atoms with Crippen molar-refractivity contribution in [2.45, 2.75) is 5.41 Å². The monoisotopic (exact) mass is 747 g/mol. The van der Waals surface area contributed by atoms with Crippen LogP contribution in [0.4, 0.5) is 17.3 Å². The highest BCUT2D eigenvalue weighted by Crippen LogP contribution is 2.63. The lowest BCUT2D eigenvalue weighted by Crippen LogP contribution is -2.32. The molecule has 12 rings (SSSR count). The van der Waals surface area contributed by atoms with Gasteiger partial charge < -0.3 is 9.15 Å². The lowest BCUT2D eigenvalue weighted by Gasteiger charge is -2.39.